The number of terminal acetylenes is 1. The maximum atomic E-state index is 12.8. The Labute approximate surface area is 201 Å². The third-order valence-corrected chi connectivity index (χ3v) is 5.92. The number of rotatable bonds is 8. The Morgan fingerprint density at radius 1 is 1.30 bits per heavy atom. The number of amides is 2. The number of carbonyl (C=O) groups is 3. The first-order valence-electron chi connectivity index (χ1n) is 9.22. The first-order valence-corrected chi connectivity index (χ1v) is 10.8. The summed E-state index contributed by atoms with van der Waals surface area (Å²) in [6.07, 6.45) is 6.72. The maximum Gasteiger partial charge on any atom is 0.293 e. The van der Waals surface area contributed by atoms with Gasteiger partial charge < -0.3 is 9.47 Å². The predicted octanol–water partition coefficient (Wildman–Crippen LogP) is 4.30. The van der Waals surface area contributed by atoms with Crippen molar-refractivity contribution in [3.63, 3.8) is 0 Å². The lowest BCUT2D eigenvalue weighted by atomic mass is 10.1. The Morgan fingerprint density at radius 3 is 2.61 bits per heavy atom. The highest BCUT2D eigenvalue weighted by atomic mass is 79.9. The molecule has 1 aliphatic rings. The SMILES string of the molecule is C#CCOc1c(Br)cc(/C=C2\SC(=O)N(CC(=O)c3ccc([N+](=O)[O-])cc3)C2=O)cc1OC. The number of nitrogens with zero attached hydrogens (tertiary/aromatic N) is 2. The van der Waals surface area contributed by atoms with Gasteiger partial charge in [0.15, 0.2) is 17.3 Å². The third-order valence-electron chi connectivity index (χ3n) is 4.42. The summed E-state index contributed by atoms with van der Waals surface area (Å²) in [6.45, 7) is -0.443. The number of carbonyl (C=O) groups excluding carboxylic acids is 3. The summed E-state index contributed by atoms with van der Waals surface area (Å²) < 4.78 is 11.3. The molecule has 0 aromatic heterocycles. The monoisotopic (exact) mass is 530 g/mol. The molecule has 0 N–H and O–H groups in total. The second kappa shape index (κ2) is 10.3. The van der Waals surface area contributed by atoms with Gasteiger partial charge in [-0.1, -0.05) is 5.92 Å². The number of halogens is 1. The average Bonchev–Trinajstić information content (AvgIpc) is 3.05. The number of benzene rings is 2. The fourth-order valence-corrected chi connectivity index (χ4v) is 4.28. The van der Waals surface area contributed by atoms with E-state index in [0.717, 1.165) is 4.90 Å². The van der Waals surface area contributed by atoms with E-state index in [0.29, 0.717) is 33.3 Å². The first-order chi connectivity index (χ1) is 15.7. The fraction of sp³-hybridized carbons (Fsp3) is 0.136. The van der Waals surface area contributed by atoms with Crippen LogP contribution in [0.5, 0.6) is 11.5 Å². The number of nitro benzene ring substituents is 1. The molecule has 0 spiro atoms. The number of ketones is 1. The van der Waals surface area contributed by atoms with Crippen LogP contribution in [0.4, 0.5) is 10.5 Å². The van der Waals surface area contributed by atoms with Crippen molar-refractivity contribution in [2.45, 2.75) is 0 Å². The molecule has 1 fully saturated rings. The summed E-state index contributed by atoms with van der Waals surface area (Å²) in [6, 6.07) is 8.22. The minimum atomic E-state index is -0.622. The molecular weight excluding hydrogens is 516 g/mol. The molecule has 0 unspecified atom stereocenters. The standard InChI is InChI=1S/C22H15BrN2O7S/c1-3-8-32-20-16(23)9-13(10-18(20)31-2)11-19-21(27)24(22(28)33-19)12-17(26)14-4-6-15(7-5-14)25(29)30/h1,4-7,9-11H,8,12H2,2H3/b19-11-. The molecular formula is C22H15BrN2O7S. The summed E-state index contributed by atoms with van der Waals surface area (Å²) in [7, 11) is 1.45. The second-order valence-electron chi connectivity index (χ2n) is 6.52. The van der Waals surface area contributed by atoms with Crippen LogP contribution in [0.1, 0.15) is 15.9 Å². The molecule has 168 valence electrons. The summed E-state index contributed by atoms with van der Waals surface area (Å²) in [5.41, 5.74) is 0.539. The lowest BCUT2D eigenvalue weighted by molar-refractivity contribution is -0.384. The number of methoxy groups -OCH3 is 1. The van der Waals surface area contributed by atoms with E-state index < -0.39 is 28.4 Å². The molecule has 1 heterocycles. The van der Waals surface area contributed by atoms with Crippen LogP contribution in [0.15, 0.2) is 45.8 Å². The van der Waals surface area contributed by atoms with Gasteiger partial charge in [-0.3, -0.25) is 29.4 Å². The van der Waals surface area contributed by atoms with Gasteiger partial charge in [0.2, 0.25) is 0 Å². The predicted molar refractivity (Wildman–Crippen MR) is 125 cm³/mol. The Kier molecular flexibility index (Phi) is 7.52. The van der Waals surface area contributed by atoms with Gasteiger partial charge in [-0.25, -0.2) is 0 Å². The summed E-state index contributed by atoms with van der Waals surface area (Å²) in [5, 5.41) is 10.2. The van der Waals surface area contributed by atoms with Crippen molar-refractivity contribution in [1.29, 1.82) is 0 Å². The van der Waals surface area contributed by atoms with Crippen LogP contribution < -0.4 is 9.47 Å². The Morgan fingerprint density at radius 2 is 2.00 bits per heavy atom. The van der Waals surface area contributed by atoms with Gasteiger partial charge in [0, 0.05) is 17.7 Å². The summed E-state index contributed by atoms with van der Waals surface area (Å²) >= 11 is 4.07. The van der Waals surface area contributed by atoms with Crippen molar-refractivity contribution < 1.29 is 28.8 Å². The van der Waals surface area contributed by atoms with Crippen LogP contribution >= 0.6 is 27.7 Å². The molecule has 3 rings (SSSR count). The van der Waals surface area contributed by atoms with Gasteiger partial charge in [0.05, 0.1) is 28.0 Å². The van der Waals surface area contributed by atoms with Crippen molar-refractivity contribution >= 4 is 56.4 Å². The molecule has 33 heavy (non-hydrogen) atoms. The van der Waals surface area contributed by atoms with Crippen molar-refractivity contribution in [3.05, 3.63) is 67.0 Å². The molecule has 0 aliphatic carbocycles. The molecule has 2 aromatic carbocycles. The number of non-ortho nitro benzene ring substituents is 1. The van der Waals surface area contributed by atoms with Crippen molar-refractivity contribution in [3.8, 4) is 23.8 Å². The zero-order valence-corrected chi connectivity index (χ0v) is 19.5. The van der Waals surface area contributed by atoms with Crippen molar-refractivity contribution in [2.75, 3.05) is 20.3 Å². The van der Waals surface area contributed by atoms with Crippen LogP contribution in [-0.2, 0) is 4.79 Å². The lowest BCUT2D eigenvalue weighted by Gasteiger charge is -2.12. The highest BCUT2D eigenvalue weighted by Crippen LogP contribution is 2.39. The topological polar surface area (TPSA) is 116 Å². The van der Waals surface area contributed by atoms with E-state index in [2.05, 4.69) is 21.9 Å². The van der Waals surface area contributed by atoms with E-state index in [9.17, 15) is 24.5 Å². The number of imide groups is 1. The molecule has 0 atom stereocenters. The van der Waals surface area contributed by atoms with Gasteiger partial charge >= 0.3 is 0 Å². The minimum absolute atomic E-state index is 0.0377. The molecule has 2 aromatic rings. The van der Waals surface area contributed by atoms with E-state index in [1.807, 2.05) is 0 Å². The van der Waals surface area contributed by atoms with Crippen LogP contribution in [0.3, 0.4) is 0 Å². The van der Waals surface area contributed by atoms with Gasteiger partial charge in [-0.15, -0.1) is 6.42 Å². The minimum Gasteiger partial charge on any atom is -0.493 e. The normalized spacial score (nSPS) is 14.3. The number of Topliss-reactive ketones (excluding diaryl/α,β-unsaturated/α-hetero) is 1. The van der Waals surface area contributed by atoms with E-state index >= 15 is 0 Å². The molecule has 0 saturated carbocycles. The average molecular weight is 531 g/mol. The smallest absolute Gasteiger partial charge is 0.293 e. The van der Waals surface area contributed by atoms with Crippen molar-refractivity contribution in [1.82, 2.24) is 4.90 Å². The molecule has 1 aliphatic heterocycles. The quantitative estimate of drug-likeness (QED) is 0.163. The highest BCUT2D eigenvalue weighted by molar-refractivity contribution is 9.10. The number of thioether (sulfide) groups is 1. The van der Waals surface area contributed by atoms with Crippen LogP contribution in [-0.4, -0.2) is 47.0 Å². The fourth-order valence-electron chi connectivity index (χ4n) is 2.87. The van der Waals surface area contributed by atoms with Crippen LogP contribution in [0.25, 0.3) is 6.08 Å². The second-order valence-corrected chi connectivity index (χ2v) is 8.37. The van der Waals surface area contributed by atoms with Crippen LogP contribution in [0.2, 0.25) is 0 Å². The molecule has 9 nitrogen and oxygen atoms in total. The number of hydrogen-bond acceptors (Lipinski definition) is 8. The Balaban J connectivity index is 1.79. The molecule has 2 amide bonds. The van der Waals surface area contributed by atoms with E-state index in [1.165, 1.54) is 37.5 Å². The van der Waals surface area contributed by atoms with E-state index in [4.69, 9.17) is 15.9 Å². The molecule has 0 radical (unpaired) electrons. The zero-order valence-electron chi connectivity index (χ0n) is 17.1. The molecule has 0 bridgehead atoms. The Hall–Kier alpha value is -3.62. The van der Waals surface area contributed by atoms with Crippen LogP contribution in [0, 0.1) is 22.5 Å². The highest BCUT2D eigenvalue weighted by Gasteiger charge is 2.36. The maximum absolute atomic E-state index is 12.8. The number of nitro groups is 1. The Bertz CT molecular complexity index is 1220. The van der Waals surface area contributed by atoms with Gasteiger partial charge in [-0.2, -0.15) is 0 Å². The summed E-state index contributed by atoms with van der Waals surface area (Å²) in [5.74, 6) is 1.99. The van der Waals surface area contributed by atoms with Gasteiger partial charge in [0.25, 0.3) is 16.8 Å². The lowest BCUT2D eigenvalue weighted by Crippen LogP contribution is -2.33. The largest absolute Gasteiger partial charge is 0.493 e. The zero-order chi connectivity index (χ0) is 24.1. The van der Waals surface area contributed by atoms with Gasteiger partial charge in [0.1, 0.15) is 6.61 Å². The molecule has 11 heteroatoms. The van der Waals surface area contributed by atoms with E-state index in [-0.39, 0.29) is 22.8 Å². The third kappa shape index (κ3) is 5.42. The van der Waals surface area contributed by atoms with Gasteiger partial charge in [-0.05, 0) is 63.6 Å². The number of hydrogen-bond donors (Lipinski definition) is 0. The van der Waals surface area contributed by atoms with E-state index in [1.54, 1.807) is 12.1 Å². The number of ether oxygens (including phenoxy) is 2. The first kappa shape index (κ1) is 24.0. The summed E-state index contributed by atoms with van der Waals surface area (Å²) in [4.78, 5) is 48.7. The molecule has 1 saturated heterocycles. The van der Waals surface area contributed by atoms with Crippen molar-refractivity contribution in [2.24, 2.45) is 0 Å².